The van der Waals surface area contributed by atoms with Gasteiger partial charge in [-0.2, -0.15) is 11.8 Å². The number of carbonyl (C=O) groups excluding carboxylic acids is 1. The highest BCUT2D eigenvalue weighted by Gasteiger charge is 2.35. The van der Waals surface area contributed by atoms with Crippen molar-refractivity contribution >= 4 is 18.0 Å². The van der Waals surface area contributed by atoms with E-state index in [4.69, 9.17) is 14.3 Å². The van der Waals surface area contributed by atoms with Crippen LogP contribution in [-0.4, -0.2) is 36.8 Å². The standard InChI is InChI=1S/C7H14O2S.C3H4O/c1-6-7(2,8-3)9-4-5-10-6;1-2-3-4/h6H,4-5H2,1-3H3;2-3H,1H2. The number of methoxy groups -OCH3 is 1. The van der Waals surface area contributed by atoms with Gasteiger partial charge in [0.1, 0.15) is 6.29 Å². The molecule has 0 amide bonds. The maximum Gasteiger partial charge on any atom is 0.176 e. The molecule has 1 aliphatic heterocycles. The monoisotopic (exact) mass is 218 g/mol. The first-order chi connectivity index (χ1) is 6.60. The van der Waals surface area contributed by atoms with Gasteiger partial charge in [0.05, 0.1) is 11.9 Å². The highest BCUT2D eigenvalue weighted by molar-refractivity contribution is 8.00. The van der Waals surface area contributed by atoms with E-state index in [0.29, 0.717) is 11.5 Å². The summed E-state index contributed by atoms with van der Waals surface area (Å²) in [6.45, 7) is 8.04. The van der Waals surface area contributed by atoms with Gasteiger partial charge in [0.2, 0.25) is 0 Å². The van der Waals surface area contributed by atoms with Crippen molar-refractivity contribution in [2.45, 2.75) is 24.9 Å². The number of ether oxygens (including phenoxy) is 2. The molecule has 0 aromatic rings. The number of hydrogen-bond acceptors (Lipinski definition) is 4. The zero-order valence-corrected chi connectivity index (χ0v) is 9.80. The predicted molar refractivity (Wildman–Crippen MR) is 59.5 cm³/mol. The lowest BCUT2D eigenvalue weighted by Crippen LogP contribution is -2.44. The van der Waals surface area contributed by atoms with Gasteiger partial charge in [-0.1, -0.05) is 6.58 Å². The van der Waals surface area contributed by atoms with E-state index in [1.54, 1.807) is 7.11 Å². The van der Waals surface area contributed by atoms with Crippen molar-refractivity contribution < 1.29 is 14.3 Å². The van der Waals surface area contributed by atoms with Crippen LogP contribution in [0.5, 0.6) is 0 Å². The molecule has 1 rings (SSSR count). The second kappa shape index (κ2) is 7.04. The molecule has 0 bridgehead atoms. The average Bonchev–Trinajstić information content (AvgIpc) is 2.23. The van der Waals surface area contributed by atoms with Crippen molar-refractivity contribution in [2.24, 2.45) is 0 Å². The van der Waals surface area contributed by atoms with Crippen LogP contribution in [0.3, 0.4) is 0 Å². The van der Waals surface area contributed by atoms with Crippen LogP contribution in [-0.2, 0) is 14.3 Å². The van der Waals surface area contributed by atoms with Crippen LogP contribution < -0.4 is 0 Å². The van der Waals surface area contributed by atoms with Crippen LogP contribution in [0.1, 0.15) is 13.8 Å². The Hall–Kier alpha value is -0.320. The second-order valence-electron chi connectivity index (χ2n) is 2.95. The summed E-state index contributed by atoms with van der Waals surface area (Å²) in [5.41, 5.74) is 0. The fourth-order valence-corrected chi connectivity index (χ4v) is 1.96. The van der Waals surface area contributed by atoms with Crippen molar-refractivity contribution in [3.63, 3.8) is 0 Å². The summed E-state index contributed by atoms with van der Waals surface area (Å²) in [6.07, 6.45) is 1.83. The minimum Gasteiger partial charge on any atom is -0.352 e. The van der Waals surface area contributed by atoms with Crippen molar-refractivity contribution in [1.82, 2.24) is 0 Å². The van der Waals surface area contributed by atoms with Gasteiger partial charge in [-0.3, -0.25) is 4.79 Å². The summed E-state index contributed by atoms with van der Waals surface area (Å²) >= 11 is 1.90. The molecule has 0 aliphatic carbocycles. The van der Waals surface area contributed by atoms with Crippen LogP contribution in [0.25, 0.3) is 0 Å². The summed E-state index contributed by atoms with van der Waals surface area (Å²) in [6, 6.07) is 0. The highest BCUT2D eigenvalue weighted by Crippen LogP contribution is 2.31. The third kappa shape index (κ3) is 4.26. The van der Waals surface area contributed by atoms with E-state index in [0.717, 1.165) is 12.4 Å². The van der Waals surface area contributed by atoms with Gasteiger partial charge in [-0.25, -0.2) is 0 Å². The molecule has 2 unspecified atom stereocenters. The summed E-state index contributed by atoms with van der Waals surface area (Å²) in [5, 5.41) is 0.436. The first-order valence-corrected chi connectivity index (χ1v) is 5.52. The Morgan fingerprint density at radius 1 is 1.71 bits per heavy atom. The van der Waals surface area contributed by atoms with E-state index in [1.807, 2.05) is 18.7 Å². The number of rotatable bonds is 2. The Morgan fingerprint density at radius 2 is 2.29 bits per heavy atom. The maximum atomic E-state index is 9.06. The van der Waals surface area contributed by atoms with Crippen molar-refractivity contribution in [3.05, 3.63) is 12.7 Å². The van der Waals surface area contributed by atoms with Crippen molar-refractivity contribution in [2.75, 3.05) is 19.5 Å². The highest BCUT2D eigenvalue weighted by atomic mass is 32.2. The topological polar surface area (TPSA) is 35.5 Å². The smallest absolute Gasteiger partial charge is 0.176 e. The number of aldehydes is 1. The molecule has 0 N–H and O–H groups in total. The second-order valence-corrected chi connectivity index (χ2v) is 4.40. The molecule has 0 radical (unpaired) electrons. The summed E-state index contributed by atoms with van der Waals surface area (Å²) in [7, 11) is 1.70. The van der Waals surface area contributed by atoms with Crippen molar-refractivity contribution in [1.29, 1.82) is 0 Å². The fraction of sp³-hybridized carbons (Fsp3) is 0.700. The van der Waals surface area contributed by atoms with Crippen LogP contribution in [0, 0.1) is 0 Å². The van der Waals surface area contributed by atoms with E-state index in [9.17, 15) is 0 Å². The normalized spacial score (nSPS) is 31.2. The summed E-state index contributed by atoms with van der Waals surface area (Å²) < 4.78 is 10.7. The molecular weight excluding hydrogens is 200 g/mol. The Morgan fingerprint density at radius 3 is 2.57 bits per heavy atom. The molecule has 2 atom stereocenters. The minimum absolute atomic E-state index is 0.358. The van der Waals surface area contributed by atoms with Gasteiger partial charge in [-0.15, -0.1) is 0 Å². The summed E-state index contributed by atoms with van der Waals surface area (Å²) in [5.74, 6) is 0.725. The zero-order chi connectivity index (χ0) is 11.0. The van der Waals surface area contributed by atoms with E-state index >= 15 is 0 Å². The number of thioether (sulfide) groups is 1. The SMILES string of the molecule is C=CC=O.COC1(C)OCCSC1C. The van der Waals surface area contributed by atoms with Crippen LogP contribution in [0.2, 0.25) is 0 Å². The summed E-state index contributed by atoms with van der Waals surface area (Å²) in [4.78, 5) is 9.06. The Kier molecular flexibility index (Phi) is 6.87. The van der Waals surface area contributed by atoms with Gasteiger partial charge in [0.15, 0.2) is 5.79 Å². The van der Waals surface area contributed by atoms with Gasteiger partial charge in [0, 0.05) is 12.9 Å². The quantitative estimate of drug-likeness (QED) is 0.523. The van der Waals surface area contributed by atoms with Crippen LogP contribution in [0.15, 0.2) is 12.7 Å². The molecule has 14 heavy (non-hydrogen) atoms. The van der Waals surface area contributed by atoms with Gasteiger partial charge in [0.25, 0.3) is 0 Å². The van der Waals surface area contributed by atoms with Gasteiger partial charge < -0.3 is 9.47 Å². The largest absolute Gasteiger partial charge is 0.352 e. The Bertz CT molecular complexity index is 178. The van der Waals surface area contributed by atoms with Crippen LogP contribution >= 0.6 is 11.8 Å². The molecule has 0 spiro atoms. The zero-order valence-electron chi connectivity index (χ0n) is 8.99. The third-order valence-corrected chi connectivity index (χ3v) is 3.41. The molecule has 0 aromatic heterocycles. The molecule has 1 fully saturated rings. The molecular formula is C10H18O3S. The Balaban J connectivity index is 0.000000364. The molecule has 1 heterocycles. The minimum atomic E-state index is -0.358. The number of allylic oxidation sites excluding steroid dienone is 1. The molecule has 3 nitrogen and oxygen atoms in total. The Labute approximate surface area is 89.8 Å². The molecule has 4 heteroatoms. The number of hydrogen-bond donors (Lipinski definition) is 0. The predicted octanol–water partition coefficient (Wildman–Crippen LogP) is 1.87. The lowest BCUT2D eigenvalue weighted by Gasteiger charge is -2.37. The first kappa shape index (κ1) is 13.7. The van der Waals surface area contributed by atoms with E-state index in [2.05, 4.69) is 13.5 Å². The number of carbonyl (C=O) groups is 1. The first-order valence-electron chi connectivity index (χ1n) is 4.47. The molecule has 0 aromatic carbocycles. The lowest BCUT2D eigenvalue weighted by atomic mass is 10.2. The van der Waals surface area contributed by atoms with Gasteiger partial charge >= 0.3 is 0 Å². The van der Waals surface area contributed by atoms with Gasteiger partial charge in [-0.05, 0) is 19.9 Å². The van der Waals surface area contributed by atoms with E-state index in [1.165, 1.54) is 6.08 Å². The third-order valence-electron chi connectivity index (χ3n) is 2.08. The maximum absolute atomic E-state index is 9.06. The van der Waals surface area contributed by atoms with Crippen LogP contribution in [0.4, 0.5) is 0 Å². The average molecular weight is 218 g/mol. The molecule has 1 saturated heterocycles. The lowest BCUT2D eigenvalue weighted by molar-refractivity contribution is -0.207. The molecule has 0 saturated carbocycles. The molecule has 82 valence electrons. The van der Waals surface area contributed by atoms with Crippen molar-refractivity contribution in [3.8, 4) is 0 Å². The molecule has 1 aliphatic rings. The fourth-order valence-electron chi connectivity index (χ4n) is 0.963. The van der Waals surface area contributed by atoms with E-state index in [-0.39, 0.29) is 5.79 Å². The van der Waals surface area contributed by atoms with E-state index < -0.39 is 0 Å².